The Morgan fingerprint density at radius 3 is 2.72 bits per heavy atom. The summed E-state index contributed by atoms with van der Waals surface area (Å²) in [6.45, 7) is 5.70. The standard InChI is InChI=1S/C14H16ClN5O3S2/c1-7(2)16-13-18-19-14(25-13)24-8(3)12(21)17-11-6-9(20(22)23)4-5-10(11)15/h4-8H,1-3H3,(H,16,18)(H,17,21)/t8-/m0/s1. The molecule has 0 unspecified atom stereocenters. The van der Waals surface area contributed by atoms with Gasteiger partial charge in [0.25, 0.3) is 5.69 Å². The summed E-state index contributed by atoms with van der Waals surface area (Å²) < 4.78 is 0.649. The van der Waals surface area contributed by atoms with Crippen molar-refractivity contribution in [1.29, 1.82) is 0 Å². The predicted molar refractivity (Wildman–Crippen MR) is 101 cm³/mol. The van der Waals surface area contributed by atoms with Gasteiger partial charge in [0.2, 0.25) is 11.0 Å². The zero-order chi connectivity index (χ0) is 18.6. The average molecular weight is 402 g/mol. The van der Waals surface area contributed by atoms with Crippen molar-refractivity contribution in [2.24, 2.45) is 0 Å². The molecule has 25 heavy (non-hydrogen) atoms. The van der Waals surface area contributed by atoms with Crippen LogP contribution in [0.25, 0.3) is 0 Å². The molecule has 2 aromatic rings. The molecule has 11 heteroatoms. The van der Waals surface area contributed by atoms with Crippen molar-refractivity contribution in [3.05, 3.63) is 33.3 Å². The van der Waals surface area contributed by atoms with E-state index in [-0.39, 0.29) is 28.3 Å². The van der Waals surface area contributed by atoms with E-state index in [2.05, 4.69) is 20.8 Å². The van der Waals surface area contributed by atoms with Crippen molar-refractivity contribution in [2.45, 2.75) is 36.4 Å². The molecule has 0 aliphatic rings. The highest BCUT2D eigenvalue weighted by Gasteiger charge is 2.19. The van der Waals surface area contributed by atoms with Crippen LogP contribution < -0.4 is 10.6 Å². The van der Waals surface area contributed by atoms with Crippen LogP contribution in [0.5, 0.6) is 0 Å². The minimum Gasteiger partial charge on any atom is -0.358 e. The summed E-state index contributed by atoms with van der Waals surface area (Å²) in [5.41, 5.74) is 0.0567. The number of nitrogens with one attached hydrogen (secondary N) is 2. The smallest absolute Gasteiger partial charge is 0.271 e. The maximum atomic E-state index is 12.3. The topological polar surface area (TPSA) is 110 Å². The monoisotopic (exact) mass is 401 g/mol. The number of aromatic nitrogens is 2. The second kappa shape index (κ2) is 8.45. The fraction of sp³-hybridized carbons (Fsp3) is 0.357. The second-order valence-electron chi connectivity index (χ2n) is 5.34. The highest BCUT2D eigenvalue weighted by Crippen LogP contribution is 2.31. The Kier molecular flexibility index (Phi) is 6.57. The zero-order valence-corrected chi connectivity index (χ0v) is 16.0. The summed E-state index contributed by atoms with van der Waals surface area (Å²) in [5, 5.41) is 25.1. The molecule has 2 N–H and O–H groups in total. The highest BCUT2D eigenvalue weighted by molar-refractivity contribution is 8.02. The van der Waals surface area contributed by atoms with Gasteiger partial charge in [0.15, 0.2) is 4.34 Å². The Labute approximate surface area is 157 Å². The number of halogens is 1. The van der Waals surface area contributed by atoms with Crippen LogP contribution in [-0.2, 0) is 4.79 Å². The van der Waals surface area contributed by atoms with E-state index in [0.717, 1.165) is 0 Å². The van der Waals surface area contributed by atoms with Crippen LogP contribution in [0.3, 0.4) is 0 Å². The number of anilines is 2. The lowest BCUT2D eigenvalue weighted by atomic mass is 10.2. The molecule has 1 aromatic carbocycles. The fourth-order valence-corrected chi connectivity index (χ4v) is 3.93. The molecule has 0 bridgehead atoms. The number of nitro groups is 1. The first-order valence-electron chi connectivity index (χ1n) is 7.27. The van der Waals surface area contributed by atoms with Crippen LogP contribution in [0.2, 0.25) is 5.02 Å². The minimum atomic E-state index is -0.547. The third kappa shape index (κ3) is 5.55. The molecular weight excluding hydrogens is 386 g/mol. The van der Waals surface area contributed by atoms with Crippen molar-refractivity contribution in [3.8, 4) is 0 Å². The molecule has 0 spiro atoms. The number of nitrogens with zero attached hydrogens (tertiary/aromatic N) is 3. The quantitative estimate of drug-likeness (QED) is 0.409. The van der Waals surface area contributed by atoms with E-state index < -0.39 is 10.2 Å². The summed E-state index contributed by atoms with van der Waals surface area (Å²) in [6, 6.07) is 4.12. The number of carbonyl (C=O) groups excluding carboxylic acids is 1. The van der Waals surface area contributed by atoms with Crippen LogP contribution in [0.4, 0.5) is 16.5 Å². The molecule has 0 aliphatic carbocycles. The molecule has 1 heterocycles. The summed E-state index contributed by atoms with van der Waals surface area (Å²) in [6.07, 6.45) is 0. The minimum absolute atomic E-state index is 0.145. The van der Waals surface area contributed by atoms with E-state index in [0.29, 0.717) is 9.47 Å². The first-order chi connectivity index (χ1) is 11.8. The van der Waals surface area contributed by atoms with Gasteiger partial charge >= 0.3 is 0 Å². The third-order valence-corrected chi connectivity index (χ3v) is 5.25. The number of nitro benzene ring substituents is 1. The van der Waals surface area contributed by atoms with Gasteiger partial charge in [-0.1, -0.05) is 34.7 Å². The van der Waals surface area contributed by atoms with Crippen LogP contribution >= 0.6 is 34.7 Å². The molecule has 0 radical (unpaired) electrons. The highest BCUT2D eigenvalue weighted by atomic mass is 35.5. The van der Waals surface area contributed by atoms with Crippen molar-refractivity contribution in [1.82, 2.24) is 10.2 Å². The van der Waals surface area contributed by atoms with Gasteiger partial charge in [0, 0.05) is 18.2 Å². The van der Waals surface area contributed by atoms with Crippen LogP contribution in [-0.4, -0.2) is 32.3 Å². The van der Waals surface area contributed by atoms with Crippen molar-refractivity contribution in [2.75, 3.05) is 10.6 Å². The normalized spacial score (nSPS) is 12.0. The van der Waals surface area contributed by atoms with E-state index in [1.54, 1.807) is 6.92 Å². The molecule has 0 aliphatic heterocycles. The molecule has 1 amide bonds. The Bertz CT molecular complexity index is 784. The van der Waals surface area contributed by atoms with Gasteiger partial charge in [-0.05, 0) is 26.8 Å². The van der Waals surface area contributed by atoms with E-state index in [1.165, 1.54) is 41.3 Å². The second-order valence-corrected chi connectivity index (χ2v) is 8.32. The van der Waals surface area contributed by atoms with Gasteiger partial charge in [-0.3, -0.25) is 14.9 Å². The maximum Gasteiger partial charge on any atom is 0.271 e. The van der Waals surface area contributed by atoms with Gasteiger partial charge in [0.05, 0.1) is 20.9 Å². The molecular formula is C14H16ClN5O3S2. The molecule has 1 atom stereocenters. The SMILES string of the molecule is CC(C)Nc1nnc(S[C@@H](C)C(=O)Nc2cc([N+](=O)[O-])ccc2Cl)s1. The number of amides is 1. The van der Waals surface area contributed by atoms with E-state index in [9.17, 15) is 14.9 Å². The van der Waals surface area contributed by atoms with E-state index in [1.807, 2.05) is 13.8 Å². The Hall–Kier alpha value is -1.91. The molecule has 2 rings (SSSR count). The number of hydrogen-bond donors (Lipinski definition) is 2. The number of rotatable bonds is 7. The van der Waals surface area contributed by atoms with E-state index >= 15 is 0 Å². The third-order valence-electron chi connectivity index (χ3n) is 2.88. The fourth-order valence-electron chi connectivity index (χ4n) is 1.72. The van der Waals surface area contributed by atoms with Crippen molar-refractivity contribution >= 4 is 57.1 Å². The Morgan fingerprint density at radius 2 is 2.08 bits per heavy atom. The predicted octanol–water partition coefficient (Wildman–Crippen LogP) is 4.04. The Morgan fingerprint density at radius 1 is 1.36 bits per heavy atom. The summed E-state index contributed by atoms with van der Waals surface area (Å²) in [7, 11) is 0. The van der Waals surface area contributed by atoms with Crippen molar-refractivity contribution < 1.29 is 9.72 Å². The van der Waals surface area contributed by atoms with Crippen LogP contribution in [0, 0.1) is 10.1 Å². The lowest BCUT2D eigenvalue weighted by Gasteiger charge is -2.11. The van der Waals surface area contributed by atoms with Crippen LogP contribution in [0.15, 0.2) is 22.5 Å². The molecule has 0 saturated heterocycles. The summed E-state index contributed by atoms with van der Waals surface area (Å²) in [4.78, 5) is 22.6. The Balaban J connectivity index is 2.02. The average Bonchev–Trinajstić information content (AvgIpc) is 2.95. The first-order valence-corrected chi connectivity index (χ1v) is 9.35. The molecule has 1 aromatic heterocycles. The first kappa shape index (κ1) is 19.4. The van der Waals surface area contributed by atoms with Gasteiger partial charge in [-0.15, -0.1) is 10.2 Å². The summed E-state index contributed by atoms with van der Waals surface area (Å²) in [5.74, 6) is -0.332. The number of hydrogen-bond acceptors (Lipinski definition) is 8. The van der Waals surface area contributed by atoms with Gasteiger partial charge in [-0.2, -0.15) is 0 Å². The number of thioether (sulfide) groups is 1. The molecule has 134 valence electrons. The largest absolute Gasteiger partial charge is 0.358 e. The lowest BCUT2D eigenvalue weighted by Crippen LogP contribution is -2.22. The zero-order valence-electron chi connectivity index (χ0n) is 13.6. The van der Waals surface area contributed by atoms with Gasteiger partial charge in [-0.25, -0.2) is 0 Å². The number of benzene rings is 1. The molecule has 0 saturated carbocycles. The molecule has 8 nitrogen and oxygen atoms in total. The summed E-state index contributed by atoms with van der Waals surface area (Å²) >= 11 is 8.60. The maximum absolute atomic E-state index is 12.3. The van der Waals surface area contributed by atoms with Gasteiger partial charge in [0.1, 0.15) is 0 Å². The van der Waals surface area contributed by atoms with Crippen molar-refractivity contribution in [3.63, 3.8) is 0 Å². The number of carbonyl (C=O) groups is 1. The van der Waals surface area contributed by atoms with Crippen LogP contribution in [0.1, 0.15) is 20.8 Å². The lowest BCUT2D eigenvalue weighted by molar-refractivity contribution is -0.384. The van der Waals surface area contributed by atoms with E-state index in [4.69, 9.17) is 11.6 Å². The molecule has 0 fully saturated rings. The van der Waals surface area contributed by atoms with Gasteiger partial charge < -0.3 is 10.6 Å². The number of non-ortho nitro benzene ring substituents is 1.